The number of likely N-dealkylation sites (tertiary alicyclic amines) is 1. The summed E-state index contributed by atoms with van der Waals surface area (Å²) in [5, 5.41) is 10.5. The first-order valence-electron chi connectivity index (χ1n) is 13.4. The maximum Gasteiger partial charge on any atom is 0.305 e. The first kappa shape index (κ1) is 29.3. The van der Waals surface area contributed by atoms with Crippen molar-refractivity contribution in [1.29, 1.82) is 0 Å². The van der Waals surface area contributed by atoms with Crippen LogP contribution < -0.4 is 4.74 Å². The molecule has 1 N–H and O–H groups in total. The molecule has 0 radical (unpaired) electrons. The molecule has 2 fully saturated rings. The van der Waals surface area contributed by atoms with Gasteiger partial charge in [-0.2, -0.15) is 0 Å². The van der Waals surface area contributed by atoms with Crippen LogP contribution in [0.25, 0.3) is 0 Å². The maximum absolute atomic E-state index is 15.0. The van der Waals surface area contributed by atoms with Crippen molar-refractivity contribution in [3.8, 4) is 5.75 Å². The number of ether oxygens (including phenoxy) is 1. The van der Waals surface area contributed by atoms with E-state index in [1.165, 1.54) is 18.6 Å². The highest BCUT2D eigenvalue weighted by atomic mass is 35.5. The number of hydrogen-bond acceptors (Lipinski definition) is 5. The van der Waals surface area contributed by atoms with Gasteiger partial charge < -0.3 is 9.84 Å². The summed E-state index contributed by atoms with van der Waals surface area (Å²) in [7, 11) is 0. The summed E-state index contributed by atoms with van der Waals surface area (Å²) in [6, 6.07) is 9.37. The van der Waals surface area contributed by atoms with Crippen molar-refractivity contribution in [3.05, 3.63) is 63.4 Å². The fourth-order valence-electron chi connectivity index (χ4n) is 5.46. The fourth-order valence-corrected chi connectivity index (χ4v) is 5.77. The summed E-state index contributed by atoms with van der Waals surface area (Å²) in [6.07, 6.45) is 5.89. The summed E-state index contributed by atoms with van der Waals surface area (Å²) in [5.74, 6) is -1.53. The van der Waals surface area contributed by atoms with Crippen LogP contribution >= 0.6 is 23.2 Å². The number of nitrogens with zero attached hydrogens (tertiary/aromatic N) is 2. The van der Waals surface area contributed by atoms with E-state index in [1.807, 2.05) is 0 Å². The Hall–Kier alpha value is -2.68. The Morgan fingerprint density at radius 3 is 2.41 bits per heavy atom. The average molecular weight is 579 g/mol. The molecule has 1 aliphatic carbocycles. The third-order valence-electron chi connectivity index (χ3n) is 7.46. The molecule has 1 saturated carbocycles. The molecule has 1 saturated heterocycles. The Bertz CT molecular complexity index is 1190. The molecule has 0 bridgehead atoms. The van der Waals surface area contributed by atoms with Crippen LogP contribution in [0.15, 0.2) is 36.4 Å². The van der Waals surface area contributed by atoms with Gasteiger partial charge in [-0.25, -0.2) is 4.39 Å². The highest BCUT2D eigenvalue weighted by Gasteiger charge is 2.29. The minimum absolute atomic E-state index is 0.000433. The first-order chi connectivity index (χ1) is 18.7. The molecule has 2 amide bonds. The van der Waals surface area contributed by atoms with Gasteiger partial charge in [0.15, 0.2) is 11.6 Å². The van der Waals surface area contributed by atoms with Gasteiger partial charge in [-0.05, 0) is 54.2 Å². The Balaban J connectivity index is 1.51. The standard InChI is InChI=1S/C29H33Cl2FN2O5/c30-22-8-7-21(15-23(22)31)25(16-29(37)38)33(17-19-4-2-1-3-5-19)18-20-6-9-26(24(32)14-20)39-13-12-34-27(35)10-11-28(34)36/h6-9,14-15,19,25H,1-5,10-13,16-18H2,(H,37,38). The Labute approximate surface area is 237 Å². The number of carboxylic acid groups (broad SMARTS) is 1. The second kappa shape index (κ2) is 13.6. The minimum Gasteiger partial charge on any atom is -0.489 e. The van der Waals surface area contributed by atoms with Crippen molar-refractivity contribution in [3.63, 3.8) is 0 Å². The zero-order valence-corrected chi connectivity index (χ0v) is 23.2. The smallest absolute Gasteiger partial charge is 0.305 e. The number of carbonyl (C=O) groups is 3. The second-order valence-corrected chi connectivity index (χ2v) is 11.1. The van der Waals surface area contributed by atoms with Crippen molar-refractivity contribution in [2.75, 3.05) is 19.7 Å². The predicted molar refractivity (Wildman–Crippen MR) is 146 cm³/mol. The van der Waals surface area contributed by atoms with Gasteiger partial charge in [0.25, 0.3) is 0 Å². The summed E-state index contributed by atoms with van der Waals surface area (Å²) in [6.45, 7) is 1.09. The van der Waals surface area contributed by atoms with E-state index in [2.05, 4.69) is 4.90 Å². The first-order valence-corrected chi connectivity index (χ1v) is 14.1. The molecular weight excluding hydrogens is 546 g/mol. The van der Waals surface area contributed by atoms with E-state index < -0.39 is 17.8 Å². The number of carbonyl (C=O) groups excluding carboxylic acids is 2. The number of imide groups is 1. The topological polar surface area (TPSA) is 87.2 Å². The van der Waals surface area contributed by atoms with Gasteiger partial charge in [-0.1, -0.05) is 54.6 Å². The van der Waals surface area contributed by atoms with E-state index in [0.29, 0.717) is 34.6 Å². The molecule has 0 spiro atoms. The van der Waals surface area contributed by atoms with E-state index in [4.69, 9.17) is 27.9 Å². The number of amides is 2. The number of rotatable bonds is 12. The van der Waals surface area contributed by atoms with Crippen LogP contribution in [0, 0.1) is 11.7 Å². The quantitative estimate of drug-likeness (QED) is 0.299. The summed E-state index contributed by atoms with van der Waals surface area (Å²) < 4.78 is 20.6. The van der Waals surface area contributed by atoms with Gasteiger partial charge in [-0.3, -0.25) is 24.2 Å². The van der Waals surface area contributed by atoms with E-state index in [9.17, 15) is 19.5 Å². The molecule has 2 aromatic rings. The predicted octanol–water partition coefficient (Wildman–Crippen LogP) is 6.26. The van der Waals surface area contributed by atoms with E-state index >= 15 is 4.39 Å². The van der Waals surface area contributed by atoms with Gasteiger partial charge in [0, 0.05) is 32.0 Å². The summed E-state index contributed by atoms with van der Waals surface area (Å²) >= 11 is 12.4. The molecular formula is C29H33Cl2FN2O5. The monoisotopic (exact) mass is 578 g/mol. The molecule has 2 aromatic carbocycles. The molecule has 2 aliphatic rings. The van der Waals surface area contributed by atoms with Crippen molar-refractivity contribution in [1.82, 2.24) is 9.80 Å². The molecule has 210 valence electrons. The van der Waals surface area contributed by atoms with Crippen LogP contribution in [-0.4, -0.2) is 52.4 Å². The van der Waals surface area contributed by atoms with Crippen molar-refractivity contribution >= 4 is 41.0 Å². The van der Waals surface area contributed by atoms with Crippen LogP contribution in [0.4, 0.5) is 4.39 Å². The molecule has 1 aliphatic heterocycles. The van der Waals surface area contributed by atoms with Crippen LogP contribution in [0.3, 0.4) is 0 Å². The lowest BCUT2D eigenvalue weighted by Gasteiger charge is -2.35. The lowest BCUT2D eigenvalue weighted by molar-refractivity contribution is -0.140. The molecule has 7 nitrogen and oxygen atoms in total. The number of aliphatic carboxylic acids is 1. The third-order valence-corrected chi connectivity index (χ3v) is 8.20. The van der Waals surface area contributed by atoms with Crippen LogP contribution in [-0.2, 0) is 20.9 Å². The fraction of sp³-hybridized carbons (Fsp3) is 0.483. The summed E-state index contributed by atoms with van der Waals surface area (Å²) in [4.78, 5) is 38.7. The number of hydrogen-bond donors (Lipinski definition) is 1. The molecule has 4 rings (SSSR count). The van der Waals surface area contributed by atoms with Gasteiger partial charge in [0.1, 0.15) is 6.61 Å². The average Bonchev–Trinajstić information content (AvgIpc) is 3.22. The van der Waals surface area contributed by atoms with E-state index in [1.54, 1.807) is 24.3 Å². The van der Waals surface area contributed by atoms with Crippen molar-refractivity contribution in [2.24, 2.45) is 5.92 Å². The highest BCUT2D eigenvalue weighted by Crippen LogP contribution is 2.34. The Morgan fingerprint density at radius 2 is 1.77 bits per heavy atom. The van der Waals surface area contributed by atoms with Crippen molar-refractivity contribution in [2.45, 2.75) is 64.0 Å². The van der Waals surface area contributed by atoms with Crippen LogP contribution in [0.1, 0.15) is 68.5 Å². The number of benzene rings is 2. The van der Waals surface area contributed by atoms with Gasteiger partial charge in [0.05, 0.1) is 23.0 Å². The van der Waals surface area contributed by atoms with Gasteiger partial charge in [-0.15, -0.1) is 0 Å². The normalized spacial score (nSPS) is 17.2. The minimum atomic E-state index is -0.940. The van der Waals surface area contributed by atoms with Gasteiger partial charge in [0.2, 0.25) is 11.8 Å². The largest absolute Gasteiger partial charge is 0.489 e. The maximum atomic E-state index is 15.0. The second-order valence-electron chi connectivity index (χ2n) is 10.3. The third kappa shape index (κ3) is 7.93. The molecule has 39 heavy (non-hydrogen) atoms. The Morgan fingerprint density at radius 1 is 1.05 bits per heavy atom. The molecule has 0 aromatic heterocycles. The molecule has 10 heteroatoms. The molecule has 1 atom stereocenters. The lowest BCUT2D eigenvalue weighted by Crippen LogP contribution is -2.35. The van der Waals surface area contributed by atoms with Gasteiger partial charge >= 0.3 is 5.97 Å². The van der Waals surface area contributed by atoms with Crippen LogP contribution in [0.5, 0.6) is 5.75 Å². The van der Waals surface area contributed by atoms with Crippen LogP contribution in [0.2, 0.25) is 10.0 Å². The highest BCUT2D eigenvalue weighted by molar-refractivity contribution is 6.42. The number of carboxylic acids is 1. The molecule has 1 heterocycles. The zero-order valence-electron chi connectivity index (χ0n) is 21.7. The molecule has 1 unspecified atom stereocenters. The summed E-state index contributed by atoms with van der Waals surface area (Å²) in [5.41, 5.74) is 1.42. The van der Waals surface area contributed by atoms with E-state index in [-0.39, 0.29) is 50.0 Å². The number of halogens is 3. The zero-order chi connectivity index (χ0) is 27.9. The van der Waals surface area contributed by atoms with E-state index in [0.717, 1.165) is 36.1 Å². The van der Waals surface area contributed by atoms with Crippen molar-refractivity contribution < 1.29 is 28.6 Å². The Kier molecular flexibility index (Phi) is 10.2. The SMILES string of the molecule is O=C(O)CC(c1ccc(Cl)c(Cl)c1)N(Cc1ccc(OCCN2C(=O)CCC2=O)c(F)c1)CC1CCCCC1. The lowest BCUT2D eigenvalue weighted by atomic mass is 9.88.